The van der Waals surface area contributed by atoms with Crippen molar-refractivity contribution in [3.05, 3.63) is 59.1 Å². The van der Waals surface area contributed by atoms with E-state index < -0.39 is 6.09 Å². The van der Waals surface area contributed by atoms with Crippen LogP contribution >= 0.6 is 11.6 Å². The Balaban J connectivity index is 1.99. The number of hydrogen-bond donors (Lipinski definition) is 1. The van der Waals surface area contributed by atoms with Gasteiger partial charge in [0, 0.05) is 30.4 Å². The van der Waals surface area contributed by atoms with Crippen LogP contribution in [0.5, 0.6) is 5.75 Å². The first kappa shape index (κ1) is 15.9. The number of halogens is 1. The van der Waals surface area contributed by atoms with Crippen molar-refractivity contribution in [2.75, 3.05) is 12.4 Å². The lowest BCUT2D eigenvalue weighted by Gasteiger charge is -2.17. The van der Waals surface area contributed by atoms with Crippen LogP contribution in [-0.4, -0.2) is 24.5 Å². The molecule has 0 bridgehead atoms. The predicted molar refractivity (Wildman–Crippen MR) is 85.1 cm³/mol. The second-order valence-electron chi connectivity index (χ2n) is 4.64. The molecule has 0 saturated carbocycles. The van der Waals surface area contributed by atoms with Crippen molar-refractivity contribution in [2.24, 2.45) is 0 Å². The molecule has 2 aromatic rings. The molecule has 2 aromatic carbocycles. The Kier molecular flexibility index (Phi) is 5.38. The highest BCUT2D eigenvalue weighted by molar-refractivity contribution is 6.30. The fourth-order valence-electron chi connectivity index (χ4n) is 1.87. The van der Waals surface area contributed by atoms with Crippen molar-refractivity contribution in [3.63, 3.8) is 0 Å². The molecule has 0 saturated heterocycles. The maximum absolute atomic E-state index is 12.1. The summed E-state index contributed by atoms with van der Waals surface area (Å²) in [6.07, 6.45) is 0.0647. The minimum atomic E-state index is -0.497. The van der Waals surface area contributed by atoms with Crippen molar-refractivity contribution in [1.29, 1.82) is 0 Å². The van der Waals surface area contributed by atoms with E-state index in [0.717, 1.165) is 5.56 Å². The number of nitrogens with zero attached hydrogens (tertiary/aromatic N) is 1. The second-order valence-corrected chi connectivity index (χ2v) is 5.08. The monoisotopic (exact) mass is 318 g/mol. The average Bonchev–Trinajstić information content (AvgIpc) is 2.48. The van der Waals surface area contributed by atoms with Gasteiger partial charge in [-0.2, -0.15) is 0 Å². The highest BCUT2D eigenvalue weighted by Crippen LogP contribution is 2.18. The summed E-state index contributed by atoms with van der Waals surface area (Å²) in [6.45, 7) is 0.381. The lowest BCUT2D eigenvalue weighted by molar-refractivity contribution is -0.105. The molecule has 0 radical (unpaired) electrons. The third-order valence-corrected chi connectivity index (χ3v) is 3.12. The van der Waals surface area contributed by atoms with Crippen molar-refractivity contribution in [1.82, 2.24) is 4.90 Å². The van der Waals surface area contributed by atoms with Crippen molar-refractivity contribution in [3.8, 4) is 5.75 Å². The predicted octanol–water partition coefficient (Wildman–Crippen LogP) is 3.54. The molecule has 0 aliphatic rings. The Morgan fingerprint density at radius 3 is 2.77 bits per heavy atom. The molecule has 5 nitrogen and oxygen atoms in total. The molecule has 0 fully saturated rings. The Bertz CT molecular complexity index is 676. The summed E-state index contributed by atoms with van der Waals surface area (Å²) in [5, 5.41) is 3.11. The largest absolute Gasteiger partial charge is 0.415 e. The number of amides is 2. The minimum absolute atomic E-state index is 0.356. The number of hydrogen-bond acceptors (Lipinski definition) is 3. The van der Waals surface area contributed by atoms with Gasteiger partial charge in [0.1, 0.15) is 5.75 Å². The van der Waals surface area contributed by atoms with Gasteiger partial charge in [-0.3, -0.25) is 4.79 Å². The van der Waals surface area contributed by atoms with Gasteiger partial charge in [-0.1, -0.05) is 29.8 Å². The molecule has 0 aromatic heterocycles. The highest BCUT2D eigenvalue weighted by Gasteiger charge is 2.12. The zero-order valence-corrected chi connectivity index (χ0v) is 12.7. The van der Waals surface area contributed by atoms with Crippen molar-refractivity contribution >= 4 is 29.8 Å². The number of rotatable bonds is 5. The molecular weight excluding hydrogens is 304 g/mol. The number of nitrogens with one attached hydrogen (secondary N) is 1. The van der Waals surface area contributed by atoms with Crippen LogP contribution in [0.4, 0.5) is 10.5 Å². The third-order valence-electron chi connectivity index (χ3n) is 2.89. The Morgan fingerprint density at radius 1 is 1.27 bits per heavy atom. The van der Waals surface area contributed by atoms with E-state index >= 15 is 0 Å². The molecule has 2 amide bonds. The summed E-state index contributed by atoms with van der Waals surface area (Å²) in [4.78, 5) is 23.9. The van der Waals surface area contributed by atoms with E-state index in [-0.39, 0.29) is 0 Å². The zero-order chi connectivity index (χ0) is 15.9. The molecule has 0 aliphatic heterocycles. The lowest BCUT2D eigenvalue weighted by atomic mass is 10.2. The first-order valence-electron chi connectivity index (χ1n) is 6.56. The van der Waals surface area contributed by atoms with E-state index in [1.54, 1.807) is 43.4 Å². The zero-order valence-electron chi connectivity index (χ0n) is 12.0. The van der Waals surface area contributed by atoms with Crippen LogP contribution in [0.1, 0.15) is 5.56 Å². The molecule has 6 heteroatoms. The number of ether oxygens (including phenoxy) is 1. The van der Waals surface area contributed by atoms with Gasteiger partial charge in [0.2, 0.25) is 6.41 Å². The quantitative estimate of drug-likeness (QED) is 0.858. The van der Waals surface area contributed by atoms with Gasteiger partial charge in [-0.05, 0) is 29.8 Å². The van der Waals surface area contributed by atoms with Gasteiger partial charge in [-0.15, -0.1) is 0 Å². The van der Waals surface area contributed by atoms with Gasteiger partial charge < -0.3 is 15.0 Å². The summed E-state index contributed by atoms with van der Waals surface area (Å²) >= 11 is 5.91. The fourth-order valence-corrected chi connectivity index (χ4v) is 2.08. The summed E-state index contributed by atoms with van der Waals surface area (Å²) in [5.41, 5.74) is 1.46. The fraction of sp³-hybridized carbons (Fsp3) is 0.125. The Labute approximate surface area is 133 Å². The number of carbonyl (C=O) groups is 2. The topological polar surface area (TPSA) is 58.6 Å². The first-order valence-corrected chi connectivity index (χ1v) is 6.94. The van der Waals surface area contributed by atoms with Crippen LogP contribution < -0.4 is 10.1 Å². The number of carbonyl (C=O) groups excluding carboxylic acids is 2. The highest BCUT2D eigenvalue weighted by atomic mass is 35.5. The molecule has 0 heterocycles. The molecule has 0 aliphatic carbocycles. The minimum Gasteiger partial charge on any atom is -0.410 e. The molecule has 0 spiro atoms. The maximum atomic E-state index is 12.1. The van der Waals surface area contributed by atoms with Crippen molar-refractivity contribution in [2.45, 2.75) is 6.54 Å². The molecule has 2 rings (SSSR count). The average molecular weight is 319 g/mol. The molecule has 1 N–H and O–H groups in total. The van der Waals surface area contributed by atoms with Crippen molar-refractivity contribution < 1.29 is 14.3 Å². The van der Waals surface area contributed by atoms with Gasteiger partial charge in [-0.25, -0.2) is 4.79 Å². The van der Waals surface area contributed by atoms with Crippen LogP contribution in [-0.2, 0) is 11.3 Å². The van der Waals surface area contributed by atoms with E-state index in [1.165, 1.54) is 4.90 Å². The smallest absolute Gasteiger partial charge is 0.410 e. The van der Waals surface area contributed by atoms with E-state index in [2.05, 4.69) is 5.32 Å². The Morgan fingerprint density at radius 2 is 2.05 bits per heavy atom. The third kappa shape index (κ3) is 4.49. The van der Waals surface area contributed by atoms with Crippen LogP contribution in [0.3, 0.4) is 0 Å². The van der Waals surface area contributed by atoms with E-state index in [1.807, 2.05) is 12.1 Å². The van der Waals surface area contributed by atoms with Crippen LogP contribution in [0, 0.1) is 0 Å². The number of benzene rings is 2. The van der Waals surface area contributed by atoms with Crippen LogP contribution in [0.25, 0.3) is 0 Å². The normalized spacial score (nSPS) is 9.91. The summed E-state index contributed by atoms with van der Waals surface area (Å²) in [7, 11) is 1.64. The molecular formula is C16H15ClN2O3. The SMILES string of the molecule is CN(Cc1cccc(Cl)c1)C(=O)Oc1cccc(NC=O)c1. The van der Waals surface area contributed by atoms with Crippen LogP contribution in [0.2, 0.25) is 5.02 Å². The lowest BCUT2D eigenvalue weighted by Crippen LogP contribution is -2.29. The molecule has 22 heavy (non-hydrogen) atoms. The first-order chi connectivity index (χ1) is 10.6. The second kappa shape index (κ2) is 7.47. The molecule has 114 valence electrons. The summed E-state index contributed by atoms with van der Waals surface area (Å²) < 4.78 is 5.26. The maximum Gasteiger partial charge on any atom is 0.415 e. The Hall–Kier alpha value is -2.53. The van der Waals surface area contributed by atoms with Gasteiger partial charge >= 0.3 is 6.09 Å². The van der Waals surface area contributed by atoms with Crippen LogP contribution in [0.15, 0.2) is 48.5 Å². The van der Waals surface area contributed by atoms with E-state index in [0.29, 0.717) is 29.4 Å². The molecule has 0 unspecified atom stereocenters. The molecule has 0 atom stereocenters. The summed E-state index contributed by atoms with van der Waals surface area (Å²) in [5.74, 6) is 0.356. The standard InChI is InChI=1S/C16H15ClN2O3/c1-19(10-12-4-2-5-13(17)8-12)16(21)22-15-7-3-6-14(9-15)18-11-20/h2-9,11H,10H2,1H3,(H,18,20). The van der Waals surface area contributed by atoms with Gasteiger partial charge in [0.25, 0.3) is 0 Å². The van der Waals surface area contributed by atoms with E-state index in [4.69, 9.17) is 16.3 Å². The van der Waals surface area contributed by atoms with Gasteiger partial charge in [0.15, 0.2) is 0 Å². The van der Waals surface area contributed by atoms with Gasteiger partial charge in [0.05, 0.1) is 0 Å². The summed E-state index contributed by atoms with van der Waals surface area (Å²) in [6, 6.07) is 13.9. The van der Waals surface area contributed by atoms with E-state index in [9.17, 15) is 9.59 Å². The number of anilines is 1.